The van der Waals surface area contributed by atoms with Gasteiger partial charge >= 0.3 is 0 Å². The summed E-state index contributed by atoms with van der Waals surface area (Å²) in [6.45, 7) is 7.43. The van der Waals surface area contributed by atoms with Crippen LogP contribution in [0.25, 0.3) is 11.0 Å². The van der Waals surface area contributed by atoms with Crippen molar-refractivity contribution >= 4 is 16.9 Å². The number of rotatable bonds is 4. The number of fused-ring (bicyclic) bond motifs is 1. The fourth-order valence-electron chi connectivity index (χ4n) is 3.52. The van der Waals surface area contributed by atoms with E-state index >= 15 is 0 Å². The molecule has 1 aliphatic rings. The molecule has 2 aromatic rings. The maximum atomic E-state index is 12.7. The van der Waals surface area contributed by atoms with Gasteiger partial charge in [0.05, 0.1) is 17.1 Å². The zero-order chi connectivity index (χ0) is 16.6. The molecule has 3 rings (SSSR count). The minimum atomic E-state index is -0.132. The van der Waals surface area contributed by atoms with Crippen LogP contribution in [0.3, 0.4) is 0 Å². The Morgan fingerprint density at radius 2 is 2.09 bits per heavy atom. The lowest BCUT2D eigenvalue weighted by Crippen LogP contribution is -2.38. The summed E-state index contributed by atoms with van der Waals surface area (Å²) < 4.78 is 2.28. The van der Waals surface area contributed by atoms with Crippen LogP contribution in [0, 0.1) is 5.92 Å². The summed E-state index contributed by atoms with van der Waals surface area (Å²) >= 11 is 0. The minimum Gasteiger partial charge on any atom is -0.332 e. The maximum absolute atomic E-state index is 12.7. The SMILES string of the molecule is CC(CN)C(=O)N1CCCC1c1nc2ccccc2n1C(C)C. The van der Waals surface area contributed by atoms with Crippen LogP contribution in [0.1, 0.15) is 51.5 Å². The van der Waals surface area contributed by atoms with Gasteiger partial charge in [-0.1, -0.05) is 19.1 Å². The first-order valence-corrected chi connectivity index (χ1v) is 8.52. The zero-order valence-electron chi connectivity index (χ0n) is 14.2. The highest BCUT2D eigenvalue weighted by Crippen LogP contribution is 2.35. The number of carbonyl (C=O) groups excluding carboxylic acids is 1. The second kappa shape index (κ2) is 6.32. The Bertz CT molecular complexity index is 706. The smallest absolute Gasteiger partial charge is 0.227 e. The molecule has 2 heterocycles. The number of benzene rings is 1. The van der Waals surface area contributed by atoms with E-state index in [1.54, 1.807) is 0 Å². The Balaban J connectivity index is 2.05. The number of nitrogens with zero attached hydrogens (tertiary/aromatic N) is 3. The van der Waals surface area contributed by atoms with E-state index in [0.717, 1.165) is 36.2 Å². The normalized spacial score (nSPS) is 19.7. The van der Waals surface area contributed by atoms with Crippen molar-refractivity contribution in [3.63, 3.8) is 0 Å². The molecular weight excluding hydrogens is 288 g/mol. The predicted molar refractivity (Wildman–Crippen MR) is 92.0 cm³/mol. The van der Waals surface area contributed by atoms with E-state index < -0.39 is 0 Å². The molecule has 1 aliphatic heterocycles. The molecule has 0 aliphatic carbocycles. The van der Waals surface area contributed by atoms with Crippen LogP contribution in [0.2, 0.25) is 0 Å². The molecule has 2 atom stereocenters. The van der Waals surface area contributed by atoms with Crippen molar-refractivity contribution in [2.75, 3.05) is 13.1 Å². The Labute approximate surface area is 137 Å². The largest absolute Gasteiger partial charge is 0.332 e. The Morgan fingerprint density at radius 1 is 1.35 bits per heavy atom. The van der Waals surface area contributed by atoms with Gasteiger partial charge in [0.1, 0.15) is 5.82 Å². The third-order valence-corrected chi connectivity index (χ3v) is 4.75. The van der Waals surface area contributed by atoms with E-state index in [2.05, 4.69) is 24.5 Å². The summed E-state index contributed by atoms with van der Waals surface area (Å²) in [5, 5.41) is 0. The van der Waals surface area contributed by atoms with Crippen molar-refractivity contribution in [2.24, 2.45) is 11.7 Å². The molecule has 23 heavy (non-hydrogen) atoms. The minimum absolute atomic E-state index is 0.0614. The number of carbonyl (C=O) groups is 1. The van der Waals surface area contributed by atoms with Gasteiger partial charge in [-0.2, -0.15) is 0 Å². The summed E-state index contributed by atoms with van der Waals surface area (Å²) in [4.78, 5) is 19.5. The molecule has 1 fully saturated rings. The molecule has 124 valence electrons. The highest BCUT2D eigenvalue weighted by atomic mass is 16.2. The molecule has 0 saturated carbocycles. The summed E-state index contributed by atoms with van der Waals surface area (Å²) in [5.74, 6) is 1.03. The lowest BCUT2D eigenvalue weighted by atomic mass is 10.1. The standard InChI is InChI=1S/C18H26N4O/c1-12(2)22-15-8-5-4-7-14(15)20-17(22)16-9-6-10-21(16)18(23)13(3)11-19/h4-5,7-8,12-13,16H,6,9-11,19H2,1-3H3. The number of amides is 1. The molecule has 0 radical (unpaired) electrons. The number of para-hydroxylation sites is 2. The van der Waals surface area contributed by atoms with E-state index in [1.807, 2.05) is 30.0 Å². The van der Waals surface area contributed by atoms with Gasteiger partial charge in [0.2, 0.25) is 5.91 Å². The highest BCUT2D eigenvalue weighted by Gasteiger charge is 2.35. The average Bonchev–Trinajstić information content (AvgIpc) is 3.16. The first kappa shape index (κ1) is 16.0. The number of hydrogen-bond acceptors (Lipinski definition) is 3. The van der Waals surface area contributed by atoms with Crippen molar-refractivity contribution in [3.05, 3.63) is 30.1 Å². The number of imidazole rings is 1. The second-order valence-corrected chi connectivity index (χ2v) is 6.75. The van der Waals surface area contributed by atoms with Gasteiger partial charge < -0.3 is 15.2 Å². The monoisotopic (exact) mass is 314 g/mol. The first-order chi connectivity index (χ1) is 11.0. The summed E-state index contributed by atoms with van der Waals surface area (Å²) in [6, 6.07) is 8.57. The predicted octanol–water partition coefficient (Wildman–Crippen LogP) is 2.88. The van der Waals surface area contributed by atoms with Gasteiger partial charge in [0.25, 0.3) is 0 Å². The van der Waals surface area contributed by atoms with Gasteiger partial charge in [-0.25, -0.2) is 4.98 Å². The van der Waals surface area contributed by atoms with Gasteiger partial charge in [-0.05, 0) is 38.8 Å². The van der Waals surface area contributed by atoms with E-state index in [4.69, 9.17) is 10.7 Å². The van der Waals surface area contributed by atoms with Crippen molar-refractivity contribution in [2.45, 2.75) is 45.7 Å². The topological polar surface area (TPSA) is 64.2 Å². The molecule has 1 amide bonds. The third kappa shape index (κ3) is 2.74. The van der Waals surface area contributed by atoms with Crippen molar-refractivity contribution in [1.82, 2.24) is 14.5 Å². The Hall–Kier alpha value is -1.88. The first-order valence-electron chi connectivity index (χ1n) is 8.52. The van der Waals surface area contributed by atoms with Gasteiger partial charge in [0.15, 0.2) is 0 Å². The number of nitrogens with two attached hydrogens (primary N) is 1. The van der Waals surface area contributed by atoms with E-state index in [1.165, 1.54) is 0 Å². The molecule has 5 nitrogen and oxygen atoms in total. The molecule has 2 N–H and O–H groups in total. The van der Waals surface area contributed by atoms with Crippen LogP contribution in [0.5, 0.6) is 0 Å². The van der Waals surface area contributed by atoms with E-state index in [-0.39, 0.29) is 17.9 Å². The molecule has 1 saturated heterocycles. The molecule has 1 aromatic heterocycles. The zero-order valence-corrected chi connectivity index (χ0v) is 14.2. The van der Waals surface area contributed by atoms with Gasteiger partial charge in [0, 0.05) is 25.0 Å². The fourth-order valence-corrected chi connectivity index (χ4v) is 3.52. The highest BCUT2D eigenvalue weighted by molar-refractivity contribution is 5.80. The Kier molecular flexibility index (Phi) is 4.39. The van der Waals surface area contributed by atoms with Crippen LogP contribution in [0.15, 0.2) is 24.3 Å². The van der Waals surface area contributed by atoms with Crippen LogP contribution >= 0.6 is 0 Å². The van der Waals surface area contributed by atoms with Crippen LogP contribution in [-0.2, 0) is 4.79 Å². The average molecular weight is 314 g/mol. The summed E-state index contributed by atoms with van der Waals surface area (Å²) in [6.07, 6.45) is 1.99. The Morgan fingerprint density at radius 3 is 2.78 bits per heavy atom. The quantitative estimate of drug-likeness (QED) is 0.944. The molecule has 0 spiro atoms. The molecule has 5 heteroatoms. The maximum Gasteiger partial charge on any atom is 0.227 e. The number of likely N-dealkylation sites (tertiary alicyclic amines) is 1. The fraction of sp³-hybridized carbons (Fsp3) is 0.556. The summed E-state index contributed by atoms with van der Waals surface area (Å²) in [5.41, 5.74) is 7.84. The van der Waals surface area contributed by atoms with Crippen molar-refractivity contribution < 1.29 is 4.79 Å². The second-order valence-electron chi connectivity index (χ2n) is 6.75. The number of aromatic nitrogens is 2. The molecule has 1 aromatic carbocycles. The van der Waals surface area contributed by atoms with Crippen molar-refractivity contribution in [1.29, 1.82) is 0 Å². The van der Waals surface area contributed by atoms with Crippen molar-refractivity contribution in [3.8, 4) is 0 Å². The lowest BCUT2D eigenvalue weighted by Gasteiger charge is -2.28. The van der Waals surface area contributed by atoms with Gasteiger partial charge in [-0.15, -0.1) is 0 Å². The number of hydrogen-bond donors (Lipinski definition) is 1. The van der Waals surface area contributed by atoms with Crippen LogP contribution in [0.4, 0.5) is 0 Å². The molecule has 0 bridgehead atoms. The lowest BCUT2D eigenvalue weighted by molar-refractivity contribution is -0.135. The van der Waals surface area contributed by atoms with Gasteiger partial charge in [-0.3, -0.25) is 4.79 Å². The molecule has 2 unspecified atom stereocenters. The van der Waals surface area contributed by atoms with Crippen LogP contribution in [-0.4, -0.2) is 33.4 Å². The third-order valence-electron chi connectivity index (χ3n) is 4.75. The van der Waals surface area contributed by atoms with E-state index in [0.29, 0.717) is 12.6 Å². The molecular formula is C18H26N4O. The van der Waals surface area contributed by atoms with E-state index in [9.17, 15) is 4.79 Å². The summed E-state index contributed by atoms with van der Waals surface area (Å²) in [7, 11) is 0. The van der Waals surface area contributed by atoms with Crippen LogP contribution < -0.4 is 5.73 Å².